The van der Waals surface area contributed by atoms with Gasteiger partial charge in [0.15, 0.2) is 0 Å². The number of alkyl halides is 18. The van der Waals surface area contributed by atoms with E-state index in [9.17, 15) is 79.0 Å². The van der Waals surface area contributed by atoms with Crippen LogP contribution in [0.15, 0.2) is 24.3 Å². The van der Waals surface area contributed by atoms with E-state index in [2.05, 4.69) is 0 Å². The van der Waals surface area contributed by atoms with Crippen molar-refractivity contribution in [3.63, 3.8) is 0 Å². The van der Waals surface area contributed by atoms with Gasteiger partial charge in [-0.2, -0.15) is 89.6 Å². The molecule has 0 spiro atoms. The van der Waals surface area contributed by atoms with Crippen molar-refractivity contribution in [1.29, 1.82) is 10.5 Å². The lowest BCUT2D eigenvalue weighted by Crippen LogP contribution is -2.61. The monoisotopic (exact) mass is 614 g/mol. The third kappa shape index (κ3) is 4.31. The minimum Gasteiger partial charge on any atom is -0.194 e. The highest BCUT2D eigenvalue weighted by Crippen LogP contribution is 2.62. The summed E-state index contributed by atoms with van der Waals surface area (Å²) in [6.07, 6.45) is -15.2. The molecule has 0 amide bonds. The molecule has 2 rings (SSSR count). The summed E-state index contributed by atoms with van der Waals surface area (Å²) in [7, 11) is 0. The molecule has 2 aromatic rings. The van der Waals surface area contributed by atoms with Gasteiger partial charge in [0.1, 0.15) is 12.1 Å². The molecule has 0 aromatic heterocycles. The van der Waals surface area contributed by atoms with E-state index in [1.807, 2.05) is 0 Å². The van der Waals surface area contributed by atoms with Gasteiger partial charge < -0.3 is 0 Å². The maximum atomic E-state index is 14.7. The highest BCUT2D eigenvalue weighted by atomic mass is 19.4. The van der Waals surface area contributed by atoms with Crippen LogP contribution in [0.1, 0.15) is 22.3 Å². The Kier molecular flexibility index (Phi) is 7.31. The summed E-state index contributed by atoms with van der Waals surface area (Å²) in [4.78, 5) is 0. The predicted octanol–water partition coefficient (Wildman–Crippen LogP) is 8.43. The molecule has 0 bridgehead atoms. The smallest absolute Gasteiger partial charge is 0.194 e. The molecule has 40 heavy (non-hydrogen) atoms. The Morgan fingerprint density at radius 2 is 0.650 bits per heavy atom. The van der Waals surface area contributed by atoms with Crippen molar-refractivity contribution >= 4 is 10.8 Å². The second-order valence-corrected chi connectivity index (χ2v) is 7.81. The zero-order chi connectivity index (χ0) is 31.7. The molecule has 0 fully saturated rings. The van der Waals surface area contributed by atoms with Gasteiger partial charge in [-0.1, -0.05) is 0 Å². The number of fused-ring (bicyclic) bond motifs is 1. The molecule has 0 heterocycles. The third-order valence-corrected chi connectivity index (χ3v) is 5.32. The van der Waals surface area contributed by atoms with Gasteiger partial charge in [0, 0.05) is 11.1 Å². The van der Waals surface area contributed by atoms with Crippen LogP contribution >= 0.6 is 0 Å². The third-order valence-electron chi connectivity index (χ3n) is 5.32. The molecule has 0 saturated heterocycles. The van der Waals surface area contributed by atoms with Crippen LogP contribution in [0.2, 0.25) is 0 Å². The fourth-order valence-corrected chi connectivity index (χ4v) is 3.14. The maximum absolute atomic E-state index is 14.7. The highest BCUT2D eigenvalue weighted by molar-refractivity contribution is 5.88. The van der Waals surface area contributed by atoms with Crippen LogP contribution in [0.3, 0.4) is 0 Å². The maximum Gasteiger partial charge on any atom is 0.460 e. The molecule has 0 aliphatic rings. The Morgan fingerprint density at radius 3 is 0.850 bits per heavy atom. The number of hydrogen-bond acceptors (Lipinski definition) is 2. The van der Waals surface area contributed by atoms with E-state index in [-0.39, 0.29) is 12.1 Å². The molecule has 0 atom stereocenters. The number of halogens is 18. The summed E-state index contributed by atoms with van der Waals surface area (Å²) in [5.74, 6) is -46.1. The van der Waals surface area contributed by atoms with E-state index < -0.39 is 93.0 Å². The SMILES string of the molecule is N#Cc1cc2cc(C(F)(F)C(F)(F)C(F)(F)C(F)(F)F)c(C(F)(F)C(F)(F)C(F)(F)C(F)(F)F)cc2cc1C#N. The van der Waals surface area contributed by atoms with Crippen LogP contribution in [0.4, 0.5) is 79.0 Å². The summed E-state index contributed by atoms with van der Waals surface area (Å²) in [5, 5.41) is 15.2. The highest BCUT2D eigenvalue weighted by Gasteiger charge is 2.85. The van der Waals surface area contributed by atoms with Crippen LogP contribution < -0.4 is 0 Å². The van der Waals surface area contributed by atoms with Crippen LogP contribution in [-0.2, 0) is 11.8 Å². The molecule has 0 aliphatic heterocycles. The van der Waals surface area contributed by atoms with Crippen LogP contribution in [0.5, 0.6) is 0 Å². The number of nitriles is 2. The van der Waals surface area contributed by atoms with Crippen molar-refractivity contribution in [2.45, 2.75) is 47.9 Å². The molecule has 2 aromatic carbocycles. The van der Waals surface area contributed by atoms with Crippen molar-refractivity contribution in [3.8, 4) is 12.1 Å². The second kappa shape index (κ2) is 8.96. The molecular weight excluding hydrogens is 610 g/mol. The second-order valence-electron chi connectivity index (χ2n) is 7.81. The minimum absolute atomic E-state index is 0.165. The van der Waals surface area contributed by atoms with E-state index in [1.165, 1.54) is 0 Å². The summed E-state index contributed by atoms with van der Waals surface area (Å²) in [6, 6.07) is 0.789. The fraction of sp³-hybridized carbons (Fsp3) is 0.400. The molecule has 0 N–H and O–H groups in total. The first-order chi connectivity index (χ1) is 17.6. The molecule has 0 radical (unpaired) electrons. The molecule has 0 saturated carbocycles. The lowest BCUT2D eigenvalue weighted by atomic mass is 9.85. The summed E-state index contributed by atoms with van der Waals surface area (Å²) in [6.45, 7) is 0. The minimum atomic E-state index is -7.87. The molecule has 0 unspecified atom stereocenters. The first-order valence-electron chi connectivity index (χ1n) is 9.41. The summed E-state index contributed by atoms with van der Waals surface area (Å²) < 4.78 is 243. The normalized spacial score (nSPS) is 14.7. The number of rotatable bonds is 6. The van der Waals surface area contributed by atoms with Crippen molar-refractivity contribution in [1.82, 2.24) is 0 Å². The van der Waals surface area contributed by atoms with Gasteiger partial charge in [-0.25, -0.2) is 0 Å². The van der Waals surface area contributed by atoms with E-state index in [1.54, 1.807) is 0 Å². The van der Waals surface area contributed by atoms with Crippen molar-refractivity contribution in [2.75, 3.05) is 0 Å². The summed E-state index contributed by atoms with van der Waals surface area (Å²) >= 11 is 0. The Hall–Kier alpha value is -3.58. The first kappa shape index (κ1) is 32.6. The predicted molar refractivity (Wildman–Crippen MR) is 93.1 cm³/mol. The van der Waals surface area contributed by atoms with E-state index in [0.717, 1.165) is 12.1 Å². The molecule has 2 nitrogen and oxygen atoms in total. The van der Waals surface area contributed by atoms with Crippen LogP contribution in [0, 0.1) is 22.7 Å². The fourth-order valence-electron chi connectivity index (χ4n) is 3.14. The van der Waals surface area contributed by atoms with Gasteiger partial charge in [0.2, 0.25) is 0 Å². The Labute approximate surface area is 208 Å². The molecule has 20 heteroatoms. The van der Waals surface area contributed by atoms with Gasteiger partial charge in [0.25, 0.3) is 0 Å². The quantitative estimate of drug-likeness (QED) is 0.307. The van der Waals surface area contributed by atoms with Crippen LogP contribution in [0.25, 0.3) is 10.8 Å². The van der Waals surface area contributed by atoms with Gasteiger partial charge in [-0.3, -0.25) is 0 Å². The number of nitrogens with zero attached hydrogens (tertiary/aromatic N) is 2. The first-order valence-corrected chi connectivity index (χ1v) is 9.41. The molecule has 0 aliphatic carbocycles. The lowest BCUT2D eigenvalue weighted by molar-refractivity contribution is -0.404. The zero-order valence-corrected chi connectivity index (χ0v) is 18.0. The van der Waals surface area contributed by atoms with Crippen molar-refractivity contribution < 1.29 is 79.0 Å². The van der Waals surface area contributed by atoms with Gasteiger partial charge in [-0.15, -0.1) is 0 Å². The van der Waals surface area contributed by atoms with Gasteiger partial charge in [-0.05, 0) is 35.0 Å². The number of benzene rings is 2. The van der Waals surface area contributed by atoms with Gasteiger partial charge >= 0.3 is 47.9 Å². The average Bonchev–Trinajstić information content (AvgIpc) is 2.80. The standard InChI is InChI=1S/C20H4F18N2/c21-13(22,15(25,26)17(29,30)19(33,34)35)11-3-7-1-9(5-39)10(6-40)2-8(7)4-12(11)14(23,24)16(27,28)18(31,32)20(36,37)38/h1-4H. The van der Waals surface area contributed by atoms with E-state index in [0.29, 0.717) is 0 Å². The molecule has 220 valence electrons. The van der Waals surface area contributed by atoms with Gasteiger partial charge in [0.05, 0.1) is 11.1 Å². The number of hydrogen-bond donors (Lipinski definition) is 0. The Morgan fingerprint density at radius 1 is 0.400 bits per heavy atom. The van der Waals surface area contributed by atoms with Crippen LogP contribution in [-0.4, -0.2) is 36.0 Å². The topological polar surface area (TPSA) is 47.6 Å². The zero-order valence-electron chi connectivity index (χ0n) is 18.0. The Balaban J connectivity index is 3.17. The lowest BCUT2D eigenvalue weighted by Gasteiger charge is -2.38. The van der Waals surface area contributed by atoms with Crippen molar-refractivity contribution in [3.05, 3.63) is 46.5 Å². The largest absolute Gasteiger partial charge is 0.460 e. The van der Waals surface area contributed by atoms with E-state index >= 15 is 0 Å². The van der Waals surface area contributed by atoms with Crippen molar-refractivity contribution in [2.24, 2.45) is 0 Å². The van der Waals surface area contributed by atoms with E-state index in [4.69, 9.17) is 10.5 Å². The average molecular weight is 614 g/mol. The molecular formula is C20H4F18N2. The summed E-state index contributed by atoms with van der Waals surface area (Å²) in [5.41, 5.74) is -9.18. The Bertz CT molecular complexity index is 1300.